The summed E-state index contributed by atoms with van der Waals surface area (Å²) in [4.78, 5) is 23.1. The molecule has 0 bridgehead atoms. The zero-order chi connectivity index (χ0) is 26.5. The SMILES string of the molecule is CSc1cc(NC2CC2)cc(OCCCCCCc2cccc(OCCCC(=O)O)c2CCC(=O)O)c1. The highest BCUT2D eigenvalue weighted by Crippen LogP contribution is 2.31. The molecule has 2 aromatic rings. The molecule has 0 saturated heterocycles. The maximum atomic E-state index is 11.2. The molecule has 2 aromatic carbocycles. The van der Waals surface area contributed by atoms with Crippen molar-refractivity contribution in [3.8, 4) is 11.5 Å². The summed E-state index contributed by atoms with van der Waals surface area (Å²) in [5, 5.41) is 21.5. The van der Waals surface area contributed by atoms with Crippen LogP contribution in [0.15, 0.2) is 41.3 Å². The Hall–Kier alpha value is -2.87. The van der Waals surface area contributed by atoms with Gasteiger partial charge in [0.25, 0.3) is 0 Å². The van der Waals surface area contributed by atoms with E-state index in [1.165, 1.54) is 17.7 Å². The maximum Gasteiger partial charge on any atom is 0.303 e. The number of unbranched alkanes of at least 4 members (excludes halogenated alkanes) is 3. The Morgan fingerprint density at radius 2 is 1.68 bits per heavy atom. The first kappa shape index (κ1) is 28.7. The molecule has 0 amide bonds. The Bertz CT molecular complexity index is 1020. The van der Waals surface area contributed by atoms with Crippen LogP contribution in [0.1, 0.15) is 68.9 Å². The van der Waals surface area contributed by atoms with Gasteiger partial charge < -0.3 is 25.0 Å². The van der Waals surface area contributed by atoms with Crippen LogP contribution in [0.25, 0.3) is 0 Å². The second-order valence-electron chi connectivity index (χ2n) is 9.46. The molecule has 3 N–H and O–H groups in total. The number of nitrogens with one attached hydrogen (secondary N) is 1. The molecule has 0 aromatic heterocycles. The molecule has 0 atom stereocenters. The minimum Gasteiger partial charge on any atom is -0.493 e. The molecule has 8 heteroatoms. The topological polar surface area (TPSA) is 105 Å². The normalized spacial score (nSPS) is 12.8. The highest BCUT2D eigenvalue weighted by molar-refractivity contribution is 7.98. The van der Waals surface area contributed by atoms with Gasteiger partial charge in [-0.2, -0.15) is 0 Å². The lowest BCUT2D eigenvalue weighted by Gasteiger charge is -2.15. The summed E-state index contributed by atoms with van der Waals surface area (Å²) in [6, 6.07) is 12.8. The third-order valence-electron chi connectivity index (χ3n) is 6.28. The van der Waals surface area contributed by atoms with E-state index in [-0.39, 0.29) is 12.8 Å². The summed E-state index contributed by atoms with van der Waals surface area (Å²) < 4.78 is 11.9. The predicted octanol–water partition coefficient (Wildman–Crippen LogP) is 6.43. The minimum absolute atomic E-state index is 0.0372. The summed E-state index contributed by atoms with van der Waals surface area (Å²) in [5.41, 5.74) is 3.17. The molecule has 7 nitrogen and oxygen atoms in total. The third kappa shape index (κ3) is 11.0. The quantitative estimate of drug-likeness (QED) is 0.141. The fourth-order valence-electron chi connectivity index (χ4n) is 4.18. The minimum atomic E-state index is -0.849. The molecule has 202 valence electrons. The van der Waals surface area contributed by atoms with Gasteiger partial charge in [0.2, 0.25) is 0 Å². The van der Waals surface area contributed by atoms with Crippen LogP contribution in [0.2, 0.25) is 0 Å². The first-order valence-electron chi connectivity index (χ1n) is 13.2. The van der Waals surface area contributed by atoms with E-state index in [0.29, 0.717) is 37.8 Å². The van der Waals surface area contributed by atoms with Crippen molar-refractivity contribution in [3.63, 3.8) is 0 Å². The smallest absolute Gasteiger partial charge is 0.303 e. The van der Waals surface area contributed by atoms with Crippen molar-refractivity contribution in [3.05, 3.63) is 47.5 Å². The molecule has 1 aliphatic rings. The van der Waals surface area contributed by atoms with Gasteiger partial charge in [-0.05, 0) is 80.5 Å². The molecule has 0 spiro atoms. The van der Waals surface area contributed by atoms with Crippen LogP contribution in [0.3, 0.4) is 0 Å². The van der Waals surface area contributed by atoms with E-state index in [1.54, 1.807) is 11.8 Å². The van der Waals surface area contributed by atoms with Gasteiger partial charge in [-0.25, -0.2) is 0 Å². The second-order valence-corrected chi connectivity index (χ2v) is 10.3. The number of ether oxygens (including phenoxy) is 2. The first-order chi connectivity index (χ1) is 17.9. The number of rotatable bonds is 19. The monoisotopic (exact) mass is 529 g/mol. The molecule has 0 unspecified atom stereocenters. The zero-order valence-electron chi connectivity index (χ0n) is 21.7. The van der Waals surface area contributed by atoms with Crippen LogP contribution < -0.4 is 14.8 Å². The van der Waals surface area contributed by atoms with Crippen molar-refractivity contribution in [2.45, 2.75) is 81.6 Å². The van der Waals surface area contributed by atoms with Gasteiger partial charge in [-0.1, -0.05) is 25.0 Å². The van der Waals surface area contributed by atoms with Crippen molar-refractivity contribution in [1.82, 2.24) is 0 Å². The Morgan fingerprint density at radius 3 is 2.41 bits per heavy atom. The van der Waals surface area contributed by atoms with Crippen LogP contribution in [0, 0.1) is 0 Å². The Kier molecular flexibility index (Phi) is 11.9. The summed E-state index contributed by atoms with van der Waals surface area (Å²) in [7, 11) is 0. The van der Waals surface area contributed by atoms with Gasteiger partial charge in [0.15, 0.2) is 0 Å². The number of hydrogen-bond acceptors (Lipinski definition) is 6. The van der Waals surface area contributed by atoms with Gasteiger partial charge in [0.1, 0.15) is 11.5 Å². The Balaban J connectivity index is 1.43. The Morgan fingerprint density at radius 1 is 0.919 bits per heavy atom. The van der Waals surface area contributed by atoms with E-state index < -0.39 is 11.9 Å². The predicted molar refractivity (Wildman–Crippen MR) is 147 cm³/mol. The van der Waals surface area contributed by atoms with E-state index >= 15 is 0 Å². The van der Waals surface area contributed by atoms with Crippen LogP contribution >= 0.6 is 11.8 Å². The molecule has 0 aliphatic heterocycles. The van der Waals surface area contributed by atoms with Crippen LogP contribution in [-0.2, 0) is 22.4 Å². The molecule has 1 fully saturated rings. The van der Waals surface area contributed by atoms with Gasteiger partial charge in [-0.3, -0.25) is 9.59 Å². The fraction of sp³-hybridized carbons (Fsp3) is 0.517. The number of aliphatic carboxylic acids is 2. The van der Waals surface area contributed by atoms with Gasteiger partial charge >= 0.3 is 11.9 Å². The third-order valence-corrected chi connectivity index (χ3v) is 6.99. The maximum absolute atomic E-state index is 11.2. The van der Waals surface area contributed by atoms with Crippen molar-refractivity contribution in [1.29, 1.82) is 0 Å². The molecule has 1 aliphatic carbocycles. The number of hydrogen-bond donors (Lipinski definition) is 3. The van der Waals surface area contributed by atoms with Crippen molar-refractivity contribution in [2.75, 3.05) is 24.8 Å². The second kappa shape index (κ2) is 15.4. The van der Waals surface area contributed by atoms with Crippen molar-refractivity contribution in [2.24, 2.45) is 0 Å². The lowest BCUT2D eigenvalue weighted by molar-refractivity contribution is -0.138. The number of benzene rings is 2. The van der Waals surface area contributed by atoms with Gasteiger partial charge in [-0.15, -0.1) is 11.8 Å². The first-order valence-corrected chi connectivity index (χ1v) is 14.4. The molecular weight excluding hydrogens is 490 g/mol. The van der Waals surface area contributed by atoms with E-state index in [1.807, 2.05) is 18.2 Å². The molecule has 3 rings (SSSR count). The van der Waals surface area contributed by atoms with Crippen molar-refractivity contribution >= 4 is 29.4 Å². The van der Waals surface area contributed by atoms with Crippen LogP contribution in [0.4, 0.5) is 5.69 Å². The molecule has 0 heterocycles. The summed E-state index contributed by atoms with van der Waals surface area (Å²) in [6.45, 7) is 0.984. The number of thioether (sulfide) groups is 1. The largest absolute Gasteiger partial charge is 0.493 e. The number of carboxylic acids is 2. The molecule has 1 saturated carbocycles. The highest BCUT2D eigenvalue weighted by atomic mass is 32.2. The van der Waals surface area contributed by atoms with E-state index in [9.17, 15) is 14.7 Å². The fourth-order valence-corrected chi connectivity index (χ4v) is 4.66. The van der Waals surface area contributed by atoms with Crippen molar-refractivity contribution < 1.29 is 29.3 Å². The zero-order valence-corrected chi connectivity index (χ0v) is 22.5. The molecule has 0 radical (unpaired) electrons. The number of aryl methyl sites for hydroxylation is 1. The Labute approximate surface area is 223 Å². The van der Waals surface area contributed by atoms with Gasteiger partial charge in [0, 0.05) is 35.5 Å². The van der Waals surface area contributed by atoms with Gasteiger partial charge in [0.05, 0.1) is 13.2 Å². The highest BCUT2D eigenvalue weighted by Gasteiger charge is 2.21. The standard InChI is InChI=1S/C29H39NO6S/c1-37-25-19-23(30-22-12-13-22)18-24(20-25)35-16-5-3-2-4-8-21-9-6-10-27(26(21)14-15-29(33)34)36-17-7-11-28(31)32/h6,9-10,18-20,22,30H,2-5,7-8,11-17H2,1H3,(H,31,32)(H,33,34). The van der Waals surface area contributed by atoms with Crippen LogP contribution in [0.5, 0.6) is 11.5 Å². The number of anilines is 1. The average Bonchev–Trinajstić information content (AvgIpc) is 3.69. The molecular formula is C29H39NO6S. The summed E-state index contributed by atoms with van der Waals surface area (Å²) in [5.74, 6) is -0.110. The van der Waals surface area contributed by atoms with E-state index in [2.05, 4.69) is 29.8 Å². The lowest BCUT2D eigenvalue weighted by atomic mass is 9.97. The average molecular weight is 530 g/mol. The summed E-state index contributed by atoms with van der Waals surface area (Å²) >= 11 is 1.72. The number of carbonyl (C=O) groups is 2. The number of carboxylic acid groups (broad SMARTS) is 2. The summed E-state index contributed by atoms with van der Waals surface area (Å²) in [6.07, 6.45) is 10.4. The molecule has 37 heavy (non-hydrogen) atoms. The van der Waals surface area contributed by atoms with Crippen LogP contribution in [-0.4, -0.2) is 47.7 Å². The van der Waals surface area contributed by atoms with E-state index in [0.717, 1.165) is 54.7 Å². The van der Waals surface area contributed by atoms with E-state index in [4.69, 9.17) is 14.6 Å². The lowest BCUT2D eigenvalue weighted by Crippen LogP contribution is -2.07.